The average molecular weight is 290 g/mol. The molecule has 108 valence electrons. The number of hydrogen-bond donors (Lipinski definition) is 0. The smallest absolute Gasteiger partial charge is 0.264 e. The van der Waals surface area contributed by atoms with Gasteiger partial charge in [-0.05, 0) is 36.6 Å². The van der Waals surface area contributed by atoms with Gasteiger partial charge in [0.2, 0.25) is 0 Å². The van der Waals surface area contributed by atoms with Gasteiger partial charge in [0.05, 0.1) is 4.88 Å². The normalized spacial score (nSPS) is 24.0. The fraction of sp³-hybridized carbons (Fsp3) is 0.562. The van der Waals surface area contributed by atoms with Gasteiger partial charge in [-0.3, -0.25) is 9.69 Å². The molecular weight excluding hydrogens is 268 g/mol. The van der Waals surface area contributed by atoms with Crippen LogP contribution in [0.2, 0.25) is 0 Å². The highest BCUT2D eigenvalue weighted by Crippen LogP contribution is 2.20. The van der Waals surface area contributed by atoms with Gasteiger partial charge in [0.25, 0.3) is 5.91 Å². The van der Waals surface area contributed by atoms with Crippen LogP contribution < -0.4 is 0 Å². The van der Waals surface area contributed by atoms with E-state index in [4.69, 9.17) is 0 Å². The van der Waals surface area contributed by atoms with Crippen LogP contribution in [0.1, 0.15) is 28.9 Å². The van der Waals surface area contributed by atoms with Crippen molar-refractivity contribution in [1.82, 2.24) is 9.80 Å². The lowest BCUT2D eigenvalue weighted by Crippen LogP contribution is -2.49. The number of carbonyl (C=O) groups excluding carboxylic acids is 1. The molecule has 3 rings (SSSR count). The van der Waals surface area contributed by atoms with Gasteiger partial charge in [-0.1, -0.05) is 18.2 Å². The van der Waals surface area contributed by atoms with Gasteiger partial charge in [0, 0.05) is 32.7 Å². The predicted octanol–water partition coefficient (Wildman–Crippen LogP) is 2.86. The highest BCUT2D eigenvalue weighted by Gasteiger charge is 2.24. The van der Waals surface area contributed by atoms with Crippen LogP contribution in [0.4, 0.5) is 0 Å². The molecule has 0 radical (unpaired) electrons. The predicted molar refractivity (Wildman–Crippen MR) is 83.1 cm³/mol. The zero-order valence-electron chi connectivity index (χ0n) is 11.8. The van der Waals surface area contributed by atoms with Crippen molar-refractivity contribution in [1.29, 1.82) is 0 Å². The Morgan fingerprint density at radius 3 is 2.75 bits per heavy atom. The first-order valence-electron chi connectivity index (χ1n) is 7.53. The van der Waals surface area contributed by atoms with Gasteiger partial charge < -0.3 is 4.90 Å². The maximum Gasteiger partial charge on any atom is 0.264 e. The van der Waals surface area contributed by atoms with Gasteiger partial charge in [-0.2, -0.15) is 0 Å². The van der Waals surface area contributed by atoms with Gasteiger partial charge in [0.15, 0.2) is 0 Å². The molecule has 0 N–H and O–H groups in total. The van der Waals surface area contributed by atoms with Crippen molar-refractivity contribution in [3.63, 3.8) is 0 Å². The van der Waals surface area contributed by atoms with Crippen molar-refractivity contribution in [3.05, 3.63) is 34.5 Å². The molecule has 0 saturated carbocycles. The second kappa shape index (κ2) is 6.55. The Labute approximate surface area is 124 Å². The lowest BCUT2D eigenvalue weighted by atomic mass is 9.94. The summed E-state index contributed by atoms with van der Waals surface area (Å²) in [6.45, 7) is 5.00. The van der Waals surface area contributed by atoms with Gasteiger partial charge in [-0.15, -0.1) is 11.3 Å². The Morgan fingerprint density at radius 2 is 2.10 bits per heavy atom. The number of thiophene rings is 1. The Kier molecular flexibility index (Phi) is 4.53. The molecule has 4 heteroatoms. The lowest BCUT2D eigenvalue weighted by Gasteiger charge is -2.36. The fourth-order valence-corrected chi connectivity index (χ4v) is 3.77. The Morgan fingerprint density at radius 1 is 1.25 bits per heavy atom. The highest BCUT2D eigenvalue weighted by atomic mass is 32.1. The molecule has 1 amide bonds. The molecule has 1 saturated heterocycles. The summed E-state index contributed by atoms with van der Waals surface area (Å²) in [4.78, 5) is 17.7. The maximum atomic E-state index is 12.3. The van der Waals surface area contributed by atoms with E-state index in [1.54, 1.807) is 11.3 Å². The minimum absolute atomic E-state index is 0.209. The van der Waals surface area contributed by atoms with Crippen molar-refractivity contribution < 1.29 is 4.79 Å². The van der Waals surface area contributed by atoms with E-state index >= 15 is 0 Å². The van der Waals surface area contributed by atoms with Crippen LogP contribution in [-0.2, 0) is 0 Å². The first-order chi connectivity index (χ1) is 9.83. The van der Waals surface area contributed by atoms with E-state index in [-0.39, 0.29) is 5.91 Å². The molecule has 1 aromatic heterocycles. The SMILES string of the molecule is O=C(c1cccs1)N1CCN(C[C@H]2CC=CCC2)CC1. The van der Waals surface area contributed by atoms with E-state index in [2.05, 4.69) is 17.1 Å². The summed E-state index contributed by atoms with van der Waals surface area (Å²) in [5.74, 6) is 1.03. The first kappa shape index (κ1) is 13.8. The monoisotopic (exact) mass is 290 g/mol. The average Bonchev–Trinajstić information content (AvgIpc) is 3.03. The Bertz CT molecular complexity index is 461. The van der Waals surface area contributed by atoms with Crippen molar-refractivity contribution in [2.45, 2.75) is 19.3 Å². The number of piperazine rings is 1. The van der Waals surface area contributed by atoms with Crippen LogP contribution in [0, 0.1) is 5.92 Å². The molecule has 2 aliphatic rings. The summed E-state index contributed by atoms with van der Waals surface area (Å²) in [5, 5.41) is 1.97. The molecule has 1 aliphatic carbocycles. The Hall–Kier alpha value is -1.13. The zero-order valence-corrected chi connectivity index (χ0v) is 12.6. The summed E-state index contributed by atoms with van der Waals surface area (Å²) in [5.41, 5.74) is 0. The van der Waals surface area contributed by atoms with E-state index in [0.29, 0.717) is 0 Å². The second-order valence-corrected chi connectivity index (χ2v) is 6.67. The van der Waals surface area contributed by atoms with Crippen molar-refractivity contribution >= 4 is 17.2 Å². The molecule has 1 aliphatic heterocycles. The third kappa shape index (κ3) is 3.30. The van der Waals surface area contributed by atoms with Gasteiger partial charge in [0.1, 0.15) is 0 Å². The zero-order chi connectivity index (χ0) is 13.8. The number of allylic oxidation sites excluding steroid dienone is 2. The lowest BCUT2D eigenvalue weighted by molar-refractivity contribution is 0.0619. The number of carbonyl (C=O) groups is 1. The van der Waals surface area contributed by atoms with Crippen LogP contribution in [0.3, 0.4) is 0 Å². The molecule has 1 fully saturated rings. The summed E-state index contributed by atoms with van der Waals surface area (Å²) in [7, 11) is 0. The number of hydrogen-bond acceptors (Lipinski definition) is 3. The van der Waals surface area contributed by atoms with E-state index in [1.807, 2.05) is 22.4 Å². The summed E-state index contributed by atoms with van der Waals surface area (Å²) < 4.78 is 0. The highest BCUT2D eigenvalue weighted by molar-refractivity contribution is 7.12. The Balaban J connectivity index is 1.47. The van der Waals surface area contributed by atoms with E-state index < -0.39 is 0 Å². The maximum absolute atomic E-state index is 12.3. The molecule has 0 spiro atoms. The standard InChI is InChI=1S/C16H22N2OS/c19-16(15-7-4-12-20-15)18-10-8-17(9-11-18)13-14-5-2-1-3-6-14/h1-2,4,7,12,14H,3,5-6,8-11,13H2/t14-/m0/s1. The van der Waals surface area contributed by atoms with Gasteiger partial charge in [-0.25, -0.2) is 0 Å². The minimum atomic E-state index is 0.209. The minimum Gasteiger partial charge on any atom is -0.335 e. The number of rotatable bonds is 3. The fourth-order valence-electron chi connectivity index (χ4n) is 3.08. The first-order valence-corrected chi connectivity index (χ1v) is 8.41. The van der Waals surface area contributed by atoms with Crippen LogP contribution >= 0.6 is 11.3 Å². The number of amides is 1. The van der Waals surface area contributed by atoms with E-state index in [9.17, 15) is 4.79 Å². The second-order valence-electron chi connectivity index (χ2n) is 5.72. The molecular formula is C16H22N2OS. The van der Waals surface area contributed by atoms with Crippen molar-refractivity contribution in [3.8, 4) is 0 Å². The molecule has 0 aromatic carbocycles. The molecule has 3 nitrogen and oxygen atoms in total. The van der Waals surface area contributed by atoms with Crippen LogP contribution in [-0.4, -0.2) is 48.4 Å². The van der Waals surface area contributed by atoms with Gasteiger partial charge >= 0.3 is 0 Å². The van der Waals surface area contributed by atoms with Crippen LogP contribution in [0.5, 0.6) is 0 Å². The molecule has 1 atom stereocenters. The van der Waals surface area contributed by atoms with Crippen LogP contribution in [0.25, 0.3) is 0 Å². The topological polar surface area (TPSA) is 23.6 Å². The third-order valence-corrected chi connectivity index (χ3v) is 5.14. The summed E-state index contributed by atoms with van der Waals surface area (Å²) in [6, 6.07) is 3.87. The third-order valence-electron chi connectivity index (χ3n) is 4.29. The van der Waals surface area contributed by atoms with E-state index in [1.165, 1.54) is 25.8 Å². The molecule has 1 aromatic rings. The molecule has 20 heavy (non-hydrogen) atoms. The molecule has 0 unspecified atom stereocenters. The molecule has 2 heterocycles. The van der Waals surface area contributed by atoms with E-state index in [0.717, 1.165) is 37.0 Å². The van der Waals surface area contributed by atoms with Crippen molar-refractivity contribution in [2.24, 2.45) is 5.92 Å². The summed E-state index contributed by atoms with van der Waals surface area (Å²) in [6.07, 6.45) is 8.42. The number of nitrogens with zero attached hydrogens (tertiary/aromatic N) is 2. The van der Waals surface area contributed by atoms with Crippen molar-refractivity contribution in [2.75, 3.05) is 32.7 Å². The summed E-state index contributed by atoms with van der Waals surface area (Å²) >= 11 is 1.54. The quantitative estimate of drug-likeness (QED) is 0.799. The molecule has 0 bridgehead atoms. The van der Waals surface area contributed by atoms with Crippen LogP contribution in [0.15, 0.2) is 29.7 Å². The largest absolute Gasteiger partial charge is 0.335 e.